The molecule has 2 N–H and O–H groups in total. The van der Waals surface area contributed by atoms with Crippen LogP contribution >= 0.6 is 0 Å². The molecule has 1 aromatic rings. The van der Waals surface area contributed by atoms with Gasteiger partial charge in [-0.2, -0.15) is 9.98 Å². The Hall–Kier alpha value is -1.49. The topological polar surface area (TPSA) is 64.2 Å². The minimum absolute atomic E-state index is 0.384. The number of nitrogens with zero attached hydrogens (tertiary/aromatic N) is 4. The highest BCUT2D eigenvalue weighted by atomic mass is 15.4. The second-order valence-corrected chi connectivity index (χ2v) is 3.92. The molecule has 1 aromatic heterocycles. The van der Waals surface area contributed by atoms with Crippen molar-refractivity contribution in [3.8, 4) is 0 Å². The van der Waals surface area contributed by atoms with E-state index in [1.807, 2.05) is 6.34 Å². The second-order valence-electron chi connectivity index (χ2n) is 3.92. The van der Waals surface area contributed by atoms with Crippen molar-refractivity contribution >= 4 is 23.7 Å². The van der Waals surface area contributed by atoms with Gasteiger partial charge < -0.3 is 5.73 Å². The zero-order valence-electron chi connectivity index (χ0n) is 8.60. The molecule has 5 nitrogen and oxygen atoms in total. The van der Waals surface area contributed by atoms with Crippen LogP contribution in [-0.2, 0) is 0 Å². The molecule has 5 heteroatoms. The Balaban J connectivity index is 2.61. The molecule has 2 rings (SSSR count). The molecular formula is C9H14N5+. The maximum atomic E-state index is 5.72. The average Bonchev–Trinajstić information content (AvgIpc) is 2.47. The van der Waals surface area contributed by atoms with E-state index in [-0.39, 0.29) is 0 Å². The Morgan fingerprint density at radius 2 is 2.07 bits per heavy atom. The van der Waals surface area contributed by atoms with Gasteiger partial charge in [-0.1, -0.05) is 0 Å². The van der Waals surface area contributed by atoms with Crippen LogP contribution < -0.4 is 10.2 Å². The Morgan fingerprint density at radius 3 is 2.71 bits per heavy atom. The molecule has 1 aliphatic rings. The van der Waals surface area contributed by atoms with Gasteiger partial charge in [-0.25, -0.2) is 9.47 Å². The van der Waals surface area contributed by atoms with Crippen LogP contribution in [0.5, 0.6) is 0 Å². The quantitative estimate of drug-likeness (QED) is 0.677. The van der Waals surface area contributed by atoms with Gasteiger partial charge in [0.2, 0.25) is 0 Å². The first-order valence-electron chi connectivity index (χ1n) is 4.58. The summed E-state index contributed by atoms with van der Waals surface area (Å²) in [6.07, 6.45) is 3.35. The molecule has 1 atom stereocenters. The first-order chi connectivity index (χ1) is 6.55. The number of nitrogens with two attached hydrogens (primary N) is 1. The molecule has 74 valence electrons. The fourth-order valence-electron chi connectivity index (χ4n) is 1.47. The molecule has 0 saturated carbocycles. The number of nitrogen functional groups attached to an aromatic ring is 1. The maximum absolute atomic E-state index is 5.72. The molecule has 0 fully saturated rings. The predicted octanol–water partition coefficient (Wildman–Crippen LogP) is 1.08. The van der Waals surface area contributed by atoms with Gasteiger partial charge in [0.15, 0.2) is 17.8 Å². The van der Waals surface area contributed by atoms with Crippen molar-refractivity contribution in [2.24, 2.45) is 4.99 Å². The van der Waals surface area contributed by atoms with Crippen molar-refractivity contribution in [2.75, 3.05) is 12.8 Å². The summed E-state index contributed by atoms with van der Waals surface area (Å²) in [5, 5.41) is 0. The highest BCUT2D eigenvalue weighted by Crippen LogP contribution is 2.38. The number of aromatic nitrogens is 2. The molecule has 2 heterocycles. The van der Waals surface area contributed by atoms with Gasteiger partial charge in [-0.3, -0.25) is 0 Å². The molecule has 1 aliphatic heterocycles. The molecule has 0 aliphatic carbocycles. The van der Waals surface area contributed by atoms with Crippen LogP contribution in [0.2, 0.25) is 0 Å². The van der Waals surface area contributed by atoms with E-state index in [2.05, 4.69) is 35.9 Å². The van der Waals surface area contributed by atoms with Crippen LogP contribution in [0.15, 0.2) is 11.3 Å². The first kappa shape index (κ1) is 9.08. The largest absolute Gasteiger partial charge is 0.382 e. The maximum Gasteiger partial charge on any atom is 0.265 e. The van der Waals surface area contributed by atoms with E-state index >= 15 is 0 Å². The van der Waals surface area contributed by atoms with Crippen molar-refractivity contribution < 1.29 is 0 Å². The third-order valence-corrected chi connectivity index (χ3v) is 2.79. The Morgan fingerprint density at radius 1 is 1.36 bits per heavy atom. The van der Waals surface area contributed by atoms with Crippen LogP contribution in [0.1, 0.15) is 13.8 Å². The van der Waals surface area contributed by atoms with E-state index in [1.165, 1.54) is 6.33 Å². The predicted molar refractivity (Wildman–Crippen MR) is 57.5 cm³/mol. The summed E-state index contributed by atoms with van der Waals surface area (Å²) in [6, 6.07) is 0.384. The molecule has 1 unspecified atom stereocenters. The summed E-state index contributed by atoms with van der Waals surface area (Å²) in [6.45, 7) is 4.25. The van der Waals surface area contributed by atoms with Crippen LogP contribution in [0.25, 0.3) is 0 Å². The summed E-state index contributed by atoms with van der Waals surface area (Å²) in [5.41, 5.74) is 6.43. The average molecular weight is 192 g/mol. The van der Waals surface area contributed by atoms with Gasteiger partial charge in [0, 0.05) is 0 Å². The van der Waals surface area contributed by atoms with Gasteiger partial charge in [0.05, 0.1) is 13.1 Å². The standard InChI is InChI=1S/C9H14N5/c1-6(2)14(3)5-13-7-8(10)11-4-12-9(7)14/h4-6H,1-3H3,(H2,10,11,12)/q+1. The highest BCUT2D eigenvalue weighted by molar-refractivity contribution is 5.90. The Bertz CT molecular complexity index is 398. The van der Waals surface area contributed by atoms with E-state index in [0.717, 1.165) is 5.82 Å². The number of hydrogen-bond donors (Lipinski definition) is 1. The zero-order chi connectivity index (χ0) is 10.3. The van der Waals surface area contributed by atoms with Crippen LogP contribution in [0, 0.1) is 0 Å². The molecular weight excluding hydrogens is 178 g/mol. The fraction of sp³-hybridized carbons (Fsp3) is 0.444. The third kappa shape index (κ3) is 1.02. The fourth-order valence-corrected chi connectivity index (χ4v) is 1.47. The monoisotopic (exact) mass is 192 g/mol. The number of aliphatic imine (C=N–C) groups is 1. The Kier molecular flexibility index (Phi) is 1.78. The van der Waals surface area contributed by atoms with Gasteiger partial charge in [0.25, 0.3) is 5.82 Å². The normalized spacial score (nSPS) is 24.3. The molecule has 0 radical (unpaired) electrons. The summed E-state index contributed by atoms with van der Waals surface area (Å²) in [7, 11) is 2.06. The van der Waals surface area contributed by atoms with Gasteiger partial charge in [-0.15, -0.1) is 0 Å². The molecule has 0 saturated heterocycles. The van der Waals surface area contributed by atoms with Crippen LogP contribution in [-0.4, -0.2) is 29.4 Å². The van der Waals surface area contributed by atoms with Crippen molar-refractivity contribution in [2.45, 2.75) is 19.9 Å². The van der Waals surface area contributed by atoms with Crippen molar-refractivity contribution in [1.82, 2.24) is 14.5 Å². The van der Waals surface area contributed by atoms with E-state index in [9.17, 15) is 0 Å². The molecule has 0 amide bonds. The van der Waals surface area contributed by atoms with Crippen molar-refractivity contribution in [3.63, 3.8) is 0 Å². The highest BCUT2D eigenvalue weighted by Gasteiger charge is 2.37. The number of rotatable bonds is 1. The lowest BCUT2D eigenvalue weighted by atomic mass is 10.3. The van der Waals surface area contributed by atoms with Crippen LogP contribution in [0.3, 0.4) is 0 Å². The lowest BCUT2D eigenvalue weighted by Gasteiger charge is -2.28. The number of fused-ring (bicyclic) bond motifs is 1. The number of hydrogen-bond acceptors (Lipinski definition) is 4. The first-order valence-corrected chi connectivity index (χ1v) is 4.58. The zero-order valence-corrected chi connectivity index (χ0v) is 8.60. The van der Waals surface area contributed by atoms with E-state index in [0.29, 0.717) is 22.0 Å². The van der Waals surface area contributed by atoms with Gasteiger partial charge in [-0.05, 0) is 13.8 Å². The molecule has 0 aromatic carbocycles. The minimum atomic E-state index is 0.384. The third-order valence-electron chi connectivity index (χ3n) is 2.79. The number of anilines is 1. The van der Waals surface area contributed by atoms with E-state index < -0.39 is 0 Å². The molecule has 14 heavy (non-hydrogen) atoms. The van der Waals surface area contributed by atoms with Crippen LogP contribution in [0.4, 0.5) is 17.3 Å². The van der Waals surface area contributed by atoms with E-state index in [4.69, 9.17) is 5.73 Å². The van der Waals surface area contributed by atoms with Crippen molar-refractivity contribution in [1.29, 1.82) is 0 Å². The smallest absolute Gasteiger partial charge is 0.265 e. The van der Waals surface area contributed by atoms with Gasteiger partial charge >= 0.3 is 0 Å². The lowest BCUT2D eigenvalue weighted by Crippen LogP contribution is -2.48. The summed E-state index contributed by atoms with van der Waals surface area (Å²) < 4.78 is 0.585. The molecule has 0 bridgehead atoms. The SMILES string of the molecule is CC(C)[N+]1(C)C=Nc2c(N)ncnc21. The second kappa shape index (κ2) is 2.75. The van der Waals surface area contributed by atoms with E-state index in [1.54, 1.807) is 0 Å². The Labute approximate surface area is 82.9 Å². The summed E-state index contributed by atoms with van der Waals surface area (Å²) in [4.78, 5) is 12.4. The van der Waals surface area contributed by atoms with Crippen molar-refractivity contribution in [3.05, 3.63) is 6.33 Å². The summed E-state index contributed by atoms with van der Waals surface area (Å²) in [5.74, 6) is 1.33. The summed E-state index contributed by atoms with van der Waals surface area (Å²) >= 11 is 0. The van der Waals surface area contributed by atoms with Gasteiger partial charge in [0.1, 0.15) is 6.33 Å². The lowest BCUT2D eigenvalue weighted by molar-refractivity contribution is 0.417. The minimum Gasteiger partial charge on any atom is -0.382 e. The number of quaternary nitrogens is 1. The molecule has 0 spiro atoms.